The van der Waals surface area contributed by atoms with E-state index < -0.39 is 0 Å². The van der Waals surface area contributed by atoms with Crippen molar-refractivity contribution >= 4 is 5.82 Å². The molecule has 1 aliphatic carbocycles. The molecule has 1 atom stereocenters. The molecule has 1 unspecified atom stereocenters. The molecule has 1 saturated carbocycles. The maximum atomic E-state index is 13.2. The van der Waals surface area contributed by atoms with E-state index in [0.717, 1.165) is 60.6 Å². The molecule has 1 aromatic carbocycles. The van der Waals surface area contributed by atoms with Crippen LogP contribution in [0.2, 0.25) is 0 Å². The molecule has 0 spiro atoms. The SMILES string of the molecule is CC(C1CC1)N1CCN(c2cc(-c3ncc(-c4ccc(F)cc4)[nH]3)ccn2)CC1. The van der Waals surface area contributed by atoms with Crippen LogP contribution < -0.4 is 4.90 Å². The van der Waals surface area contributed by atoms with Crippen LogP contribution in [0.25, 0.3) is 22.6 Å². The Hall–Kier alpha value is -2.73. The lowest BCUT2D eigenvalue weighted by Gasteiger charge is -2.38. The van der Waals surface area contributed by atoms with E-state index in [-0.39, 0.29) is 5.82 Å². The third-order valence-corrected chi connectivity index (χ3v) is 6.27. The molecule has 1 aliphatic heterocycles. The second-order valence-electron chi connectivity index (χ2n) is 8.16. The molecule has 2 fully saturated rings. The van der Waals surface area contributed by atoms with Crippen LogP contribution in [0, 0.1) is 11.7 Å². The summed E-state index contributed by atoms with van der Waals surface area (Å²) < 4.78 is 13.2. The fraction of sp³-hybridized carbons (Fsp3) is 0.391. The topological polar surface area (TPSA) is 48.0 Å². The van der Waals surface area contributed by atoms with E-state index in [1.54, 1.807) is 18.3 Å². The highest BCUT2D eigenvalue weighted by Crippen LogP contribution is 2.35. The number of aromatic nitrogens is 3. The number of halogens is 1. The number of piperazine rings is 1. The molecule has 3 heterocycles. The number of imidazole rings is 1. The Kier molecular flexibility index (Phi) is 4.79. The van der Waals surface area contributed by atoms with Crippen molar-refractivity contribution in [1.82, 2.24) is 19.9 Å². The Balaban J connectivity index is 1.30. The van der Waals surface area contributed by atoms with Gasteiger partial charge in [-0.05, 0) is 67.6 Å². The van der Waals surface area contributed by atoms with Crippen molar-refractivity contribution in [2.45, 2.75) is 25.8 Å². The number of anilines is 1. The third kappa shape index (κ3) is 3.90. The zero-order valence-electron chi connectivity index (χ0n) is 16.7. The number of hydrogen-bond acceptors (Lipinski definition) is 4. The van der Waals surface area contributed by atoms with Gasteiger partial charge < -0.3 is 9.88 Å². The van der Waals surface area contributed by atoms with Gasteiger partial charge in [0.05, 0.1) is 11.9 Å². The number of aromatic amines is 1. The lowest BCUT2D eigenvalue weighted by molar-refractivity contribution is 0.179. The maximum Gasteiger partial charge on any atom is 0.137 e. The van der Waals surface area contributed by atoms with Gasteiger partial charge in [-0.3, -0.25) is 4.90 Å². The van der Waals surface area contributed by atoms with E-state index in [2.05, 4.69) is 37.7 Å². The first kappa shape index (κ1) is 18.3. The van der Waals surface area contributed by atoms with Crippen molar-refractivity contribution in [2.24, 2.45) is 5.92 Å². The number of nitrogens with zero attached hydrogens (tertiary/aromatic N) is 4. The standard InChI is InChI=1S/C23H26FN5/c1-16(17-2-3-17)28-10-12-29(13-11-28)22-14-19(8-9-25-22)23-26-15-21(27-23)18-4-6-20(24)7-5-18/h4-9,14-17H,2-3,10-13H2,1H3,(H,26,27). The van der Waals surface area contributed by atoms with E-state index in [4.69, 9.17) is 0 Å². The van der Waals surface area contributed by atoms with Gasteiger partial charge in [0.25, 0.3) is 0 Å². The molecule has 0 radical (unpaired) electrons. The molecule has 1 saturated heterocycles. The summed E-state index contributed by atoms with van der Waals surface area (Å²) in [6.07, 6.45) is 6.44. The van der Waals surface area contributed by atoms with E-state index in [9.17, 15) is 4.39 Å². The Morgan fingerprint density at radius 1 is 1.00 bits per heavy atom. The predicted molar refractivity (Wildman–Crippen MR) is 113 cm³/mol. The molecule has 3 aromatic rings. The van der Waals surface area contributed by atoms with Gasteiger partial charge in [-0.2, -0.15) is 0 Å². The number of rotatable bonds is 5. The Morgan fingerprint density at radius 3 is 2.48 bits per heavy atom. The van der Waals surface area contributed by atoms with Gasteiger partial charge in [0.2, 0.25) is 0 Å². The minimum atomic E-state index is -0.237. The van der Waals surface area contributed by atoms with Gasteiger partial charge >= 0.3 is 0 Å². The van der Waals surface area contributed by atoms with Crippen molar-refractivity contribution in [3.05, 3.63) is 54.6 Å². The van der Waals surface area contributed by atoms with Crippen LogP contribution >= 0.6 is 0 Å². The average Bonchev–Trinajstić information content (AvgIpc) is 3.50. The van der Waals surface area contributed by atoms with Crippen LogP contribution in [0.15, 0.2) is 48.8 Å². The van der Waals surface area contributed by atoms with Gasteiger partial charge in [-0.25, -0.2) is 14.4 Å². The van der Waals surface area contributed by atoms with Gasteiger partial charge in [0, 0.05) is 44.0 Å². The molecule has 2 aliphatic rings. The lowest BCUT2D eigenvalue weighted by Crippen LogP contribution is -2.50. The van der Waals surface area contributed by atoms with Crippen molar-refractivity contribution < 1.29 is 4.39 Å². The Morgan fingerprint density at radius 2 is 1.76 bits per heavy atom. The molecule has 6 heteroatoms. The lowest BCUT2D eigenvalue weighted by atomic mass is 10.1. The summed E-state index contributed by atoms with van der Waals surface area (Å²) in [7, 11) is 0. The van der Waals surface area contributed by atoms with Gasteiger partial charge in [0.15, 0.2) is 0 Å². The van der Waals surface area contributed by atoms with Crippen molar-refractivity contribution in [3.8, 4) is 22.6 Å². The number of hydrogen-bond donors (Lipinski definition) is 1. The summed E-state index contributed by atoms with van der Waals surface area (Å²) in [6, 6.07) is 11.2. The Bertz CT molecular complexity index is 971. The quantitative estimate of drug-likeness (QED) is 0.708. The highest BCUT2D eigenvalue weighted by atomic mass is 19.1. The zero-order valence-corrected chi connectivity index (χ0v) is 16.7. The van der Waals surface area contributed by atoms with Crippen LogP contribution in [0.5, 0.6) is 0 Å². The maximum absolute atomic E-state index is 13.2. The van der Waals surface area contributed by atoms with Crippen LogP contribution in [0.4, 0.5) is 10.2 Å². The minimum absolute atomic E-state index is 0.237. The highest BCUT2D eigenvalue weighted by Gasteiger charge is 2.33. The summed E-state index contributed by atoms with van der Waals surface area (Å²) in [5.74, 6) is 2.48. The monoisotopic (exact) mass is 391 g/mol. The van der Waals surface area contributed by atoms with Crippen molar-refractivity contribution in [3.63, 3.8) is 0 Å². The molecule has 150 valence electrons. The van der Waals surface area contributed by atoms with Crippen LogP contribution in [0.3, 0.4) is 0 Å². The molecule has 5 nitrogen and oxygen atoms in total. The fourth-order valence-electron chi connectivity index (χ4n) is 4.22. The molecule has 0 amide bonds. The summed E-state index contributed by atoms with van der Waals surface area (Å²) in [5.41, 5.74) is 2.80. The molecule has 29 heavy (non-hydrogen) atoms. The number of H-pyrrole nitrogens is 1. The first-order chi connectivity index (χ1) is 14.2. The number of benzene rings is 1. The van der Waals surface area contributed by atoms with Crippen molar-refractivity contribution in [2.75, 3.05) is 31.1 Å². The molecule has 0 bridgehead atoms. The molecular weight excluding hydrogens is 365 g/mol. The number of nitrogens with one attached hydrogen (secondary N) is 1. The summed E-state index contributed by atoms with van der Waals surface area (Å²) >= 11 is 0. The second-order valence-corrected chi connectivity index (χ2v) is 8.16. The van der Waals surface area contributed by atoms with Crippen LogP contribution in [-0.4, -0.2) is 52.1 Å². The average molecular weight is 391 g/mol. The van der Waals surface area contributed by atoms with E-state index in [1.165, 1.54) is 25.0 Å². The largest absolute Gasteiger partial charge is 0.354 e. The third-order valence-electron chi connectivity index (χ3n) is 6.27. The second kappa shape index (κ2) is 7.59. The number of pyridine rings is 1. The zero-order chi connectivity index (χ0) is 19.8. The normalized spacial score (nSPS) is 18.8. The minimum Gasteiger partial charge on any atom is -0.354 e. The Labute approximate surface area is 170 Å². The molecular formula is C23H26FN5. The first-order valence-electron chi connectivity index (χ1n) is 10.4. The van der Waals surface area contributed by atoms with E-state index in [0.29, 0.717) is 6.04 Å². The molecule has 5 rings (SSSR count). The predicted octanol–water partition coefficient (Wildman–Crippen LogP) is 4.20. The van der Waals surface area contributed by atoms with Crippen molar-refractivity contribution in [1.29, 1.82) is 0 Å². The van der Waals surface area contributed by atoms with Gasteiger partial charge in [-0.1, -0.05) is 0 Å². The molecule has 2 aromatic heterocycles. The first-order valence-corrected chi connectivity index (χ1v) is 10.4. The van der Waals surface area contributed by atoms with Crippen LogP contribution in [-0.2, 0) is 0 Å². The van der Waals surface area contributed by atoms with Crippen LogP contribution in [0.1, 0.15) is 19.8 Å². The van der Waals surface area contributed by atoms with E-state index in [1.807, 2.05) is 12.3 Å². The van der Waals surface area contributed by atoms with E-state index >= 15 is 0 Å². The smallest absolute Gasteiger partial charge is 0.137 e. The van der Waals surface area contributed by atoms with Gasteiger partial charge in [-0.15, -0.1) is 0 Å². The highest BCUT2D eigenvalue weighted by molar-refractivity contribution is 5.66. The summed E-state index contributed by atoms with van der Waals surface area (Å²) in [4.78, 5) is 17.5. The fourth-order valence-corrected chi connectivity index (χ4v) is 4.22. The summed E-state index contributed by atoms with van der Waals surface area (Å²) in [5, 5.41) is 0. The van der Waals surface area contributed by atoms with Gasteiger partial charge in [0.1, 0.15) is 17.5 Å². The molecule has 1 N–H and O–H groups in total. The summed E-state index contributed by atoms with van der Waals surface area (Å²) in [6.45, 7) is 6.58.